The lowest BCUT2D eigenvalue weighted by Gasteiger charge is -2.20. The molecule has 0 spiro atoms. The number of ether oxygens (including phenoxy) is 1. The fourth-order valence-electron chi connectivity index (χ4n) is 11.2. The zero-order chi connectivity index (χ0) is 55.0. The third kappa shape index (κ3) is 61.8. The fraction of sp³-hybridized carbons (Fsp3) is 0.943. The maximum atomic E-state index is 12.5. The summed E-state index contributed by atoms with van der Waals surface area (Å²) in [6.07, 6.45) is 81.5. The average molecular weight is 1070 g/mol. The van der Waals surface area contributed by atoms with Gasteiger partial charge in [-0.25, -0.2) is 0 Å². The number of carbonyl (C=O) groups is 2. The summed E-state index contributed by atoms with van der Waals surface area (Å²) in [5.74, 6) is -0.0381. The van der Waals surface area contributed by atoms with Gasteiger partial charge in [-0.15, -0.1) is 0 Å². The minimum absolute atomic E-state index is 0.0235. The summed E-state index contributed by atoms with van der Waals surface area (Å²) in [5, 5.41) is 23.1. The summed E-state index contributed by atoms with van der Waals surface area (Å²) in [7, 11) is 0. The molecule has 0 aromatic heterocycles. The van der Waals surface area contributed by atoms with E-state index in [0.717, 1.165) is 38.5 Å². The van der Waals surface area contributed by atoms with Crippen molar-refractivity contribution in [3.63, 3.8) is 0 Å². The molecule has 0 saturated heterocycles. The van der Waals surface area contributed by atoms with Gasteiger partial charge < -0.3 is 20.3 Å². The van der Waals surface area contributed by atoms with E-state index in [4.69, 9.17) is 4.74 Å². The van der Waals surface area contributed by atoms with Crippen LogP contribution in [0.15, 0.2) is 12.2 Å². The lowest BCUT2D eigenvalue weighted by Crippen LogP contribution is -2.45. The van der Waals surface area contributed by atoms with E-state index in [1.807, 2.05) is 6.08 Å². The van der Waals surface area contributed by atoms with Gasteiger partial charge in [-0.3, -0.25) is 9.59 Å². The van der Waals surface area contributed by atoms with Gasteiger partial charge in [0.2, 0.25) is 5.91 Å². The van der Waals surface area contributed by atoms with Crippen molar-refractivity contribution in [1.82, 2.24) is 5.32 Å². The molecule has 0 rings (SSSR count). The Morgan fingerprint density at radius 1 is 0.355 bits per heavy atom. The molecular formula is C70H137NO5. The van der Waals surface area contributed by atoms with Gasteiger partial charge in [0.1, 0.15) is 0 Å². The summed E-state index contributed by atoms with van der Waals surface area (Å²) < 4.78 is 5.50. The van der Waals surface area contributed by atoms with Crippen LogP contribution in [0.4, 0.5) is 0 Å². The van der Waals surface area contributed by atoms with Gasteiger partial charge in [0.15, 0.2) is 0 Å². The van der Waals surface area contributed by atoms with E-state index in [-0.39, 0.29) is 18.5 Å². The highest BCUT2D eigenvalue weighted by Crippen LogP contribution is 2.19. The number of amides is 1. The minimum atomic E-state index is -0.840. The second-order valence-electron chi connectivity index (χ2n) is 24.2. The predicted molar refractivity (Wildman–Crippen MR) is 333 cm³/mol. The number of carbonyl (C=O) groups excluding carboxylic acids is 2. The van der Waals surface area contributed by atoms with Crippen LogP contribution in [0.1, 0.15) is 399 Å². The molecule has 0 aromatic rings. The maximum absolute atomic E-state index is 12.5. The number of unbranched alkanes of at least 4 members (excludes halogenated alkanes) is 55. The number of hydrogen-bond donors (Lipinski definition) is 3. The van der Waals surface area contributed by atoms with Gasteiger partial charge >= 0.3 is 5.97 Å². The van der Waals surface area contributed by atoms with Crippen LogP contribution in [0, 0.1) is 0 Å². The zero-order valence-corrected chi connectivity index (χ0v) is 51.8. The Bertz CT molecular complexity index is 1140. The zero-order valence-electron chi connectivity index (χ0n) is 51.8. The highest BCUT2D eigenvalue weighted by molar-refractivity contribution is 5.76. The lowest BCUT2D eigenvalue weighted by molar-refractivity contribution is -0.143. The fourth-order valence-corrected chi connectivity index (χ4v) is 11.2. The maximum Gasteiger partial charge on any atom is 0.305 e. The van der Waals surface area contributed by atoms with Crippen molar-refractivity contribution in [3.8, 4) is 0 Å². The third-order valence-electron chi connectivity index (χ3n) is 16.6. The summed E-state index contributed by atoms with van der Waals surface area (Å²) in [5.41, 5.74) is 0. The smallest absolute Gasteiger partial charge is 0.305 e. The van der Waals surface area contributed by atoms with Crippen LogP contribution in [-0.4, -0.2) is 47.4 Å². The molecule has 0 aliphatic carbocycles. The van der Waals surface area contributed by atoms with Crippen LogP contribution in [0.2, 0.25) is 0 Å². The Labute approximate surface area is 476 Å². The summed E-state index contributed by atoms with van der Waals surface area (Å²) in [6, 6.07) is -0.623. The van der Waals surface area contributed by atoms with Crippen molar-refractivity contribution in [2.45, 2.75) is 411 Å². The Balaban J connectivity index is 3.32. The molecule has 0 aliphatic rings. The van der Waals surface area contributed by atoms with E-state index in [1.165, 1.54) is 334 Å². The van der Waals surface area contributed by atoms with Gasteiger partial charge in [-0.05, 0) is 32.1 Å². The topological polar surface area (TPSA) is 95.9 Å². The third-order valence-corrected chi connectivity index (χ3v) is 16.6. The number of nitrogens with one attached hydrogen (secondary N) is 1. The predicted octanol–water partition coefficient (Wildman–Crippen LogP) is 22.4. The molecule has 0 saturated carbocycles. The average Bonchev–Trinajstić information content (AvgIpc) is 3.42. The van der Waals surface area contributed by atoms with E-state index in [1.54, 1.807) is 6.08 Å². The van der Waals surface area contributed by atoms with Crippen molar-refractivity contribution < 1.29 is 24.5 Å². The van der Waals surface area contributed by atoms with Crippen LogP contribution in [0.5, 0.6) is 0 Å². The van der Waals surface area contributed by atoms with Gasteiger partial charge in [-0.1, -0.05) is 366 Å². The van der Waals surface area contributed by atoms with Gasteiger partial charge in [-0.2, -0.15) is 0 Å². The normalized spacial score (nSPS) is 12.5. The SMILES string of the molecule is CCCCCCCCCCCCCC/C=C/C(O)C(CO)NC(=O)CCCCCCCCCCCCCCCCCCCCCCCCCCCCCCCCOC(=O)CCCCCCCCCCCCCCCCC. The van der Waals surface area contributed by atoms with Gasteiger partial charge in [0.05, 0.1) is 25.4 Å². The molecule has 452 valence electrons. The van der Waals surface area contributed by atoms with Crippen LogP contribution in [0.3, 0.4) is 0 Å². The first kappa shape index (κ1) is 74.6. The Morgan fingerprint density at radius 2 is 0.605 bits per heavy atom. The molecule has 3 N–H and O–H groups in total. The quantitative estimate of drug-likeness (QED) is 0.0320. The summed E-state index contributed by atoms with van der Waals surface area (Å²) in [4.78, 5) is 24.5. The Morgan fingerprint density at radius 3 is 0.895 bits per heavy atom. The van der Waals surface area contributed by atoms with E-state index >= 15 is 0 Å². The highest BCUT2D eigenvalue weighted by Gasteiger charge is 2.18. The highest BCUT2D eigenvalue weighted by atomic mass is 16.5. The Kier molecular flexibility index (Phi) is 64.9. The molecule has 6 heteroatoms. The molecule has 1 amide bonds. The number of hydrogen-bond acceptors (Lipinski definition) is 5. The lowest BCUT2D eigenvalue weighted by atomic mass is 10.0. The van der Waals surface area contributed by atoms with Gasteiger partial charge in [0.25, 0.3) is 0 Å². The molecule has 0 bridgehead atoms. The second-order valence-corrected chi connectivity index (χ2v) is 24.2. The first-order valence-electron chi connectivity index (χ1n) is 35.0. The number of rotatable bonds is 66. The van der Waals surface area contributed by atoms with Gasteiger partial charge in [0, 0.05) is 12.8 Å². The Hall–Kier alpha value is -1.40. The van der Waals surface area contributed by atoms with Crippen LogP contribution in [0.25, 0.3) is 0 Å². The summed E-state index contributed by atoms with van der Waals surface area (Å²) in [6.45, 7) is 4.94. The molecule has 6 nitrogen and oxygen atoms in total. The number of allylic oxidation sites excluding steroid dienone is 1. The molecule has 0 fully saturated rings. The second kappa shape index (κ2) is 66.1. The number of aliphatic hydroxyl groups is 2. The standard InChI is InChI=1S/C70H137NO5/c1-3-5-7-9-11-13-15-17-35-40-44-48-52-56-60-64-70(75)76-65-61-57-53-49-45-41-37-34-32-30-28-26-24-22-20-19-21-23-25-27-29-31-33-36-39-43-47-51-55-59-63-69(74)71-67(66-72)68(73)62-58-54-50-46-42-38-18-16-14-12-10-8-6-4-2/h58,62,67-68,72-73H,3-57,59-61,63-66H2,1-2H3,(H,71,74)/b62-58+. The van der Waals surface area contributed by atoms with Crippen molar-refractivity contribution >= 4 is 11.9 Å². The first-order chi connectivity index (χ1) is 37.5. The molecule has 0 radical (unpaired) electrons. The molecule has 2 unspecified atom stereocenters. The van der Waals surface area contributed by atoms with E-state index in [0.29, 0.717) is 19.4 Å². The van der Waals surface area contributed by atoms with E-state index in [9.17, 15) is 19.8 Å². The van der Waals surface area contributed by atoms with Crippen molar-refractivity contribution in [2.75, 3.05) is 13.2 Å². The molecular weight excluding hydrogens is 935 g/mol. The van der Waals surface area contributed by atoms with Crippen molar-refractivity contribution in [2.24, 2.45) is 0 Å². The molecule has 2 atom stereocenters. The van der Waals surface area contributed by atoms with Crippen molar-refractivity contribution in [1.29, 1.82) is 0 Å². The van der Waals surface area contributed by atoms with Crippen LogP contribution < -0.4 is 5.32 Å². The minimum Gasteiger partial charge on any atom is -0.466 e. The van der Waals surface area contributed by atoms with Crippen LogP contribution in [-0.2, 0) is 14.3 Å². The monoisotopic (exact) mass is 1070 g/mol. The van der Waals surface area contributed by atoms with E-state index in [2.05, 4.69) is 19.2 Å². The van der Waals surface area contributed by atoms with E-state index < -0.39 is 12.1 Å². The van der Waals surface area contributed by atoms with Crippen LogP contribution >= 0.6 is 0 Å². The first-order valence-corrected chi connectivity index (χ1v) is 35.0. The molecule has 76 heavy (non-hydrogen) atoms. The molecule has 0 heterocycles. The number of aliphatic hydroxyl groups excluding tert-OH is 2. The number of esters is 1. The molecule has 0 aromatic carbocycles. The molecule has 0 aliphatic heterocycles. The van der Waals surface area contributed by atoms with Crippen molar-refractivity contribution in [3.05, 3.63) is 12.2 Å². The summed E-state index contributed by atoms with van der Waals surface area (Å²) >= 11 is 0. The largest absolute Gasteiger partial charge is 0.466 e.